The molecule has 0 amide bonds. The third kappa shape index (κ3) is 2.69. The molecule has 1 saturated heterocycles. The molecule has 102 valence electrons. The average Bonchev–Trinajstić information content (AvgIpc) is 2.80. The molecule has 6 nitrogen and oxygen atoms in total. The monoisotopic (exact) mass is 293 g/mol. The highest BCUT2D eigenvalue weighted by atomic mass is 35.5. The molecule has 1 aliphatic rings. The molecular formula is C10H16ClN3O3S. The van der Waals surface area contributed by atoms with Gasteiger partial charge >= 0.3 is 0 Å². The van der Waals surface area contributed by atoms with Gasteiger partial charge in [0.05, 0.1) is 17.9 Å². The number of ether oxygens (including phenoxy) is 1. The quantitative estimate of drug-likeness (QED) is 0.837. The maximum atomic E-state index is 12.4. The molecule has 1 N–H and O–H groups in total. The number of H-pyrrole nitrogens is 1. The number of aromatic nitrogens is 2. The Kier molecular flexibility index (Phi) is 3.68. The van der Waals surface area contributed by atoms with Gasteiger partial charge in [0.2, 0.25) is 10.0 Å². The molecule has 0 radical (unpaired) electrons. The summed E-state index contributed by atoms with van der Waals surface area (Å²) >= 11 is 5.78. The number of alkyl halides is 1. The van der Waals surface area contributed by atoms with E-state index < -0.39 is 15.6 Å². The van der Waals surface area contributed by atoms with Gasteiger partial charge in [-0.3, -0.25) is 5.10 Å². The van der Waals surface area contributed by atoms with Crippen LogP contribution in [-0.2, 0) is 14.8 Å². The van der Waals surface area contributed by atoms with Gasteiger partial charge in [0.15, 0.2) is 0 Å². The van der Waals surface area contributed by atoms with Gasteiger partial charge in [0.25, 0.3) is 0 Å². The first-order chi connectivity index (χ1) is 8.35. The minimum absolute atomic E-state index is 0.161. The fourth-order valence-electron chi connectivity index (χ4n) is 2.03. The number of nitrogens with one attached hydrogen (secondary N) is 1. The van der Waals surface area contributed by atoms with Crippen molar-refractivity contribution < 1.29 is 13.2 Å². The summed E-state index contributed by atoms with van der Waals surface area (Å²) in [4.78, 5) is 0.161. The summed E-state index contributed by atoms with van der Waals surface area (Å²) in [5.41, 5.74) is -0.547. The highest BCUT2D eigenvalue weighted by molar-refractivity contribution is 7.89. The Hall–Kier alpha value is -0.630. The SMILES string of the molecule is CC1(C)CN(S(=O)(=O)c2cn[nH]c2)CC(CCl)O1. The fourth-order valence-corrected chi connectivity index (χ4v) is 3.72. The van der Waals surface area contributed by atoms with Crippen LogP contribution in [0.1, 0.15) is 13.8 Å². The van der Waals surface area contributed by atoms with Crippen molar-refractivity contribution in [3.8, 4) is 0 Å². The van der Waals surface area contributed by atoms with E-state index in [1.807, 2.05) is 13.8 Å². The predicted molar refractivity (Wildman–Crippen MR) is 67.0 cm³/mol. The normalized spacial score (nSPS) is 25.2. The Morgan fingerprint density at radius 2 is 2.39 bits per heavy atom. The number of nitrogens with zero attached hydrogens (tertiary/aromatic N) is 2. The van der Waals surface area contributed by atoms with Gasteiger partial charge in [-0.25, -0.2) is 8.42 Å². The second-order valence-electron chi connectivity index (χ2n) is 4.89. The Morgan fingerprint density at radius 3 is 2.94 bits per heavy atom. The summed E-state index contributed by atoms with van der Waals surface area (Å²) < 4.78 is 31.8. The van der Waals surface area contributed by atoms with E-state index in [4.69, 9.17) is 16.3 Å². The maximum absolute atomic E-state index is 12.4. The Labute approximate surface area is 111 Å². The lowest BCUT2D eigenvalue weighted by Crippen LogP contribution is -2.54. The fraction of sp³-hybridized carbons (Fsp3) is 0.700. The van der Waals surface area contributed by atoms with E-state index in [-0.39, 0.29) is 23.4 Å². The van der Waals surface area contributed by atoms with Crippen LogP contribution < -0.4 is 0 Å². The van der Waals surface area contributed by atoms with Crippen LogP contribution in [0.4, 0.5) is 0 Å². The summed E-state index contributed by atoms with van der Waals surface area (Å²) in [6, 6.07) is 0. The van der Waals surface area contributed by atoms with E-state index in [9.17, 15) is 8.42 Å². The number of morpholine rings is 1. The number of hydrogen-bond donors (Lipinski definition) is 1. The first-order valence-corrected chi connectivity index (χ1v) is 7.55. The molecule has 1 atom stereocenters. The van der Waals surface area contributed by atoms with Crippen molar-refractivity contribution in [1.29, 1.82) is 0 Å². The zero-order valence-corrected chi connectivity index (χ0v) is 11.8. The van der Waals surface area contributed by atoms with Crippen molar-refractivity contribution >= 4 is 21.6 Å². The van der Waals surface area contributed by atoms with Gasteiger partial charge in [-0.15, -0.1) is 11.6 Å². The van der Waals surface area contributed by atoms with Gasteiger partial charge in [-0.1, -0.05) is 0 Å². The largest absolute Gasteiger partial charge is 0.368 e. The summed E-state index contributed by atoms with van der Waals surface area (Å²) in [7, 11) is -3.53. The highest BCUT2D eigenvalue weighted by Crippen LogP contribution is 2.26. The molecule has 0 spiro atoms. The summed E-state index contributed by atoms with van der Waals surface area (Å²) in [6.07, 6.45) is 2.37. The number of aromatic amines is 1. The van der Waals surface area contributed by atoms with Crippen LogP contribution in [0.15, 0.2) is 17.3 Å². The maximum Gasteiger partial charge on any atom is 0.246 e. The Bertz CT molecular complexity index is 500. The van der Waals surface area contributed by atoms with Crippen LogP contribution in [0.3, 0.4) is 0 Å². The molecule has 0 aliphatic carbocycles. The van der Waals surface area contributed by atoms with Crippen molar-refractivity contribution in [3.05, 3.63) is 12.4 Å². The molecule has 0 aromatic carbocycles. The molecule has 8 heteroatoms. The van der Waals surface area contributed by atoms with Crippen LogP contribution in [0.5, 0.6) is 0 Å². The van der Waals surface area contributed by atoms with Crippen LogP contribution in [0, 0.1) is 0 Å². The molecule has 0 saturated carbocycles. The van der Waals surface area contributed by atoms with Crippen molar-refractivity contribution in [2.75, 3.05) is 19.0 Å². The first kappa shape index (κ1) is 13.8. The zero-order chi connectivity index (χ0) is 13.4. The second-order valence-corrected chi connectivity index (χ2v) is 7.13. The van der Waals surface area contributed by atoms with E-state index >= 15 is 0 Å². The average molecular weight is 294 g/mol. The lowest BCUT2D eigenvalue weighted by atomic mass is 10.1. The molecule has 0 bridgehead atoms. The number of hydrogen-bond acceptors (Lipinski definition) is 4. The van der Waals surface area contributed by atoms with Crippen LogP contribution in [-0.4, -0.2) is 53.6 Å². The van der Waals surface area contributed by atoms with E-state index in [1.54, 1.807) is 0 Å². The molecule has 1 aliphatic heterocycles. The van der Waals surface area contributed by atoms with Crippen molar-refractivity contribution in [3.63, 3.8) is 0 Å². The molecule has 1 aromatic rings. The molecule has 1 aromatic heterocycles. The number of rotatable bonds is 3. The number of halogens is 1. The lowest BCUT2D eigenvalue weighted by molar-refractivity contribution is -0.107. The van der Waals surface area contributed by atoms with Crippen LogP contribution in [0.2, 0.25) is 0 Å². The molecular weight excluding hydrogens is 278 g/mol. The third-order valence-electron chi connectivity index (χ3n) is 2.73. The summed E-state index contributed by atoms with van der Waals surface area (Å²) in [5, 5.41) is 6.18. The smallest absolute Gasteiger partial charge is 0.246 e. The highest BCUT2D eigenvalue weighted by Gasteiger charge is 2.39. The van der Waals surface area contributed by atoms with Gasteiger partial charge < -0.3 is 4.74 Å². The Morgan fingerprint density at radius 1 is 1.67 bits per heavy atom. The molecule has 2 rings (SSSR count). The second kappa shape index (κ2) is 4.80. The van der Waals surface area contributed by atoms with Gasteiger partial charge in [-0.05, 0) is 13.8 Å². The molecule has 1 fully saturated rings. The summed E-state index contributed by atoms with van der Waals surface area (Å²) in [5.74, 6) is 0.265. The predicted octanol–water partition coefficient (Wildman–Crippen LogP) is 0.817. The van der Waals surface area contributed by atoms with E-state index in [2.05, 4.69) is 10.2 Å². The third-order valence-corrected chi connectivity index (χ3v) is 4.85. The topological polar surface area (TPSA) is 75.3 Å². The summed E-state index contributed by atoms with van der Waals surface area (Å²) in [6.45, 7) is 4.27. The molecule has 2 heterocycles. The van der Waals surface area contributed by atoms with Gasteiger partial charge in [0, 0.05) is 25.2 Å². The Balaban J connectivity index is 2.28. The molecule has 18 heavy (non-hydrogen) atoms. The minimum atomic E-state index is -3.53. The van der Waals surface area contributed by atoms with E-state index in [0.717, 1.165) is 0 Å². The van der Waals surface area contributed by atoms with Gasteiger partial charge in [0.1, 0.15) is 4.90 Å². The zero-order valence-electron chi connectivity index (χ0n) is 10.3. The lowest BCUT2D eigenvalue weighted by Gasteiger charge is -2.41. The van der Waals surface area contributed by atoms with Crippen molar-refractivity contribution in [2.24, 2.45) is 0 Å². The molecule has 1 unspecified atom stereocenters. The van der Waals surface area contributed by atoms with E-state index in [1.165, 1.54) is 16.7 Å². The first-order valence-electron chi connectivity index (χ1n) is 5.58. The van der Waals surface area contributed by atoms with E-state index in [0.29, 0.717) is 6.54 Å². The minimum Gasteiger partial charge on any atom is -0.368 e. The van der Waals surface area contributed by atoms with Gasteiger partial charge in [-0.2, -0.15) is 9.40 Å². The van der Waals surface area contributed by atoms with Crippen LogP contribution >= 0.6 is 11.6 Å². The van der Waals surface area contributed by atoms with Crippen molar-refractivity contribution in [1.82, 2.24) is 14.5 Å². The standard InChI is InChI=1S/C10H16ClN3O3S/c1-10(2)7-14(6-8(3-11)17-10)18(15,16)9-4-12-13-5-9/h4-5,8H,3,6-7H2,1-2H3,(H,12,13). The van der Waals surface area contributed by atoms with Crippen molar-refractivity contribution in [2.45, 2.75) is 30.4 Å². The van der Waals surface area contributed by atoms with Crippen LogP contribution in [0.25, 0.3) is 0 Å². The number of sulfonamides is 1.